The molecule has 0 unspecified atom stereocenters. The Balaban J connectivity index is 1.81. The van der Waals surface area contributed by atoms with Crippen molar-refractivity contribution in [1.29, 1.82) is 0 Å². The number of piperidine rings is 1. The average Bonchev–Trinajstić information content (AvgIpc) is 2.54. The summed E-state index contributed by atoms with van der Waals surface area (Å²) in [4.78, 5) is 2.41. The lowest BCUT2D eigenvalue weighted by molar-refractivity contribution is 0.0155. The molecular weight excluding hydrogens is 164 g/mol. The molecule has 0 aromatic carbocycles. The van der Waals surface area contributed by atoms with Gasteiger partial charge in [0.05, 0.1) is 5.60 Å². The maximum absolute atomic E-state index is 10.1. The molecule has 3 nitrogen and oxygen atoms in total. The van der Waals surface area contributed by atoms with Crippen LogP contribution in [0.2, 0.25) is 0 Å². The standard InChI is InChI=1S/C10H20N2O/c13-10(4-5-11-8-10)9-12-6-2-1-3-7-12/h11,13H,1-9H2/t10-/m0/s1. The summed E-state index contributed by atoms with van der Waals surface area (Å²) >= 11 is 0. The fraction of sp³-hybridized carbons (Fsp3) is 1.00. The molecule has 1 atom stereocenters. The van der Waals surface area contributed by atoms with Gasteiger partial charge < -0.3 is 15.3 Å². The van der Waals surface area contributed by atoms with Crippen LogP contribution in [0, 0.1) is 0 Å². The van der Waals surface area contributed by atoms with Crippen LogP contribution in [0.4, 0.5) is 0 Å². The van der Waals surface area contributed by atoms with Crippen molar-refractivity contribution in [1.82, 2.24) is 10.2 Å². The third kappa shape index (κ3) is 2.42. The van der Waals surface area contributed by atoms with Gasteiger partial charge in [0.2, 0.25) is 0 Å². The summed E-state index contributed by atoms with van der Waals surface area (Å²) in [6.07, 6.45) is 4.91. The number of aliphatic hydroxyl groups is 1. The van der Waals surface area contributed by atoms with Crippen LogP contribution in [0.1, 0.15) is 25.7 Å². The fourth-order valence-corrected chi connectivity index (χ4v) is 2.40. The van der Waals surface area contributed by atoms with Crippen molar-refractivity contribution < 1.29 is 5.11 Å². The molecular formula is C10H20N2O. The van der Waals surface area contributed by atoms with E-state index in [4.69, 9.17) is 0 Å². The van der Waals surface area contributed by atoms with Crippen LogP contribution in [-0.4, -0.2) is 48.3 Å². The van der Waals surface area contributed by atoms with Crippen molar-refractivity contribution >= 4 is 0 Å². The summed E-state index contributed by atoms with van der Waals surface area (Å²) in [5.74, 6) is 0. The summed E-state index contributed by atoms with van der Waals surface area (Å²) in [5, 5.41) is 13.4. The number of nitrogens with zero attached hydrogens (tertiary/aromatic N) is 1. The second kappa shape index (κ2) is 3.95. The fourth-order valence-electron chi connectivity index (χ4n) is 2.40. The molecule has 0 bridgehead atoms. The highest BCUT2D eigenvalue weighted by Crippen LogP contribution is 2.18. The smallest absolute Gasteiger partial charge is 0.0909 e. The van der Waals surface area contributed by atoms with Crippen molar-refractivity contribution in [3.8, 4) is 0 Å². The van der Waals surface area contributed by atoms with Crippen molar-refractivity contribution in [2.45, 2.75) is 31.3 Å². The Kier molecular flexibility index (Phi) is 2.86. The molecule has 2 fully saturated rings. The molecule has 0 aliphatic carbocycles. The SMILES string of the molecule is O[C@@]1(CN2CCCCC2)CCNC1. The molecule has 2 heterocycles. The van der Waals surface area contributed by atoms with Crippen molar-refractivity contribution in [3.63, 3.8) is 0 Å². The predicted molar refractivity (Wildman–Crippen MR) is 52.7 cm³/mol. The predicted octanol–water partition coefficient (Wildman–Crippen LogP) is 0.197. The van der Waals surface area contributed by atoms with Crippen LogP contribution in [0.5, 0.6) is 0 Å². The molecule has 0 saturated carbocycles. The summed E-state index contributed by atoms with van der Waals surface area (Å²) in [5.41, 5.74) is -0.433. The number of hydrogen-bond donors (Lipinski definition) is 2. The van der Waals surface area contributed by atoms with Gasteiger partial charge in [0.25, 0.3) is 0 Å². The molecule has 0 aromatic heterocycles. The van der Waals surface area contributed by atoms with Crippen molar-refractivity contribution in [2.75, 3.05) is 32.7 Å². The highest BCUT2D eigenvalue weighted by Gasteiger charge is 2.33. The van der Waals surface area contributed by atoms with E-state index in [0.717, 1.165) is 26.1 Å². The molecule has 2 aliphatic rings. The number of nitrogens with one attached hydrogen (secondary N) is 1. The zero-order valence-corrected chi connectivity index (χ0v) is 8.26. The molecule has 0 aromatic rings. The van der Waals surface area contributed by atoms with E-state index in [1.165, 1.54) is 32.4 Å². The minimum Gasteiger partial charge on any atom is -0.387 e. The van der Waals surface area contributed by atoms with E-state index in [1.807, 2.05) is 0 Å². The first kappa shape index (κ1) is 9.44. The molecule has 76 valence electrons. The third-order valence-electron chi connectivity index (χ3n) is 3.19. The first-order valence-electron chi connectivity index (χ1n) is 5.44. The van der Waals surface area contributed by atoms with Crippen LogP contribution in [0.25, 0.3) is 0 Å². The number of β-amino-alcohol motifs (C(OH)–C–C–N with tert-alkyl or cyclic N) is 1. The van der Waals surface area contributed by atoms with Crippen LogP contribution in [-0.2, 0) is 0 Å². The van der Waals surface area contributed by atoms with Crippen molar-refractivity contribution in [2.24, 2.45) is 0 Å². The molecule has 2 saturated heterocycles. The summed E-state index contributed by atoms with van der Waals surface area (Å²) in [6.45, 7) is 5.00. The van der Waals surface area contributed by atoms with Gasteiger partial charge in [-0.15, -0.1) is 0 Å². The lowest BCUT2D eigenvalue weighted by Gasteiger charge is -2.33. The van der Waals surface area contributed by atoms with Gasteiger partial charge in [-0.25, -0.2) is 0 Å². The normalized spacial score (nSPS) is 36.7. The van der Waals surface area contributed by atoms with E-state index in [0.29, 0.717) is 0 Å². The van der Waals surface area contributed by atoms with Crippen LogP contribution >= 0.6 is 0 Å². The molecule has 2 rings (SSSR count). The van der Waals surface area contributed by atoms with E-state index in [2.05, 4.69) is 10.2 Å². The molecule has 2 N–H and O–H groups in total. The Bertz CT molecular complexity index is 160. The van der Waals surface area contributed by atoms with Gasteiger partial charge in [-0.2, -0.15) is 0 Å². The van der Waals surface area contributed by atoms with E-state index in [1.54, 1.807) is 0 Å². The monoisotopic (exact) mass is 184 g/mol. The lowest BCUT2D eigenvalue weighted by atomic mass is 10.0. The lowest BCUT2D eigenvalue weighted by Crippen LogP contribution is -2.46. The van der Waals surface area contributed by atoms with Gasteiger partial charge in [-0.1, -0.05) is 6.42 Å². The molecule has 3 heteroatoms. The topological polar surface area (TPSA) is 35.5 Å². The highest BCUT2D eigenvalue weighted by molar-refractivity contribution is 4.90. The minimum absolute atomic E-state index is 0.433. The molecule has 0 radical (unpaired) electrons. The minimum atomic E-state index is -0.433. The van der Waals surface area contributed by atoms with Gasteiger partial charge in [-0.05, 0) is 38.9 Å². The first-order chi connectivity index (χ1) is 6.29. The Morgan fingerprint density at radius 2 is 2.00 bits per heavy atom. The van der Waals surface area contributed by atoms with Gasteiger partial charge >= 0.3 is 0 Å². The number of hydrogen-bond acceptors (Lipinski definition) is 3. The van der Waals surface area contributed by atoms with Gasteiger partial charge in [0.15, 0.2) is 0 Å². The second-order valence-corrected chi connectivity index (χ2v) is 4.49. The molecule has 0 spiro atoms. The maximum Gasteiger partial charge on any atom is 0.0909 e. The van der Waals surface area contributed by atoms with E-state index >= 15 is 0 Å². The Hall–Kier alpha value is -0.120. The molecule has 0 amide bonds. The van der Waals surface area contributed by atoms with Gasteiger partial charge in [-0.3, -0.25) is 0 Å². The zero-order valence-electron chi connectivity index (χ0n) is 8.26. The average molecular weight is 184 g/mol. The molecule has 13 heavy (non-hydrogen) atoms. The summed E-state index contributed by atoms with van der Waals surface area (Å²) in [7, 11) is 0. The highest BCUT2D eigenvalue weighted by atomic mass is 16.3. The Morgan fingerprint density at radius 3 is 2.62 bits per heavy atom. The van der Waals surface area contributed by atoms with Crippen LogP contribution in [0.3, 0.4) is 0 Å². The summed E-state index contributed by atoms with van der Waals surface area (Å²) < 4.78 is 0. The largest absolute Gasteiger partial charge is 0.387 e. The Morgan fingerprint density at radius 1 is 1.23 bits per heavy atom. The zero-order chi connectivity index (χ0) is 9.15. The summed E-state index contributed by atoms with van der Waals surface area (Å²) in [6, 6.07) is 0. The van der Waals surface area contributed by atoms with Crippen molar-refractivity contribution in [3.05, 3.63) is 0 Å². The Labute approximate surface area is 80.1 Å². The van der Waals surface area contributed by atoms with Gasteiger partial charge in [0.1, 0.15) is 0 Å². The quantitative estimate of drug-likeness (QED) is 0.643. The van der Waals surface area contributed by atoms with Crippen LogP contribution < -0.4 is 5.32 Å². The van der Waals surface area contributed by atoms with E-state index in [-0.39, 0.29) is 0 Å². The molecule has 2 aliphatic heterocycles. The van der Waals surface area contributed by atoms with E-state index < -0.39 is 5.60 Å². The first-order valence-corrected chi connectivity index (χ1v) is 5.44. The van der Waals surface area contributed by atoms with Gasteiger partial charge in [0, 0.05) is 13.1 Å². The van der Waals surface area contributed by atoms with E-state index in [9.17, 15) is 5.11 Å². The third-order valence-corrected chi connectivity index (χ3v) is 3.19. The second-order valence-electron chi connectivity index (χ2n) is 4.49. The number of rotatable bonds is 2. The maximum atomic E-state index is 10.1. The number of likely N-dealkylation sites (tertiary alicyclic amines) is 1. The van der Waals surface area contributed by atoms with Crippen LogP contribution in [0.15, 0.2) is 0 Å².